The van der Waals surface area contributed by atoms with Crippen LogP contribution in [0.3, 0.4) is 0 Å². The number of ether oxygens (including phenoxy) is 1. The second kappa shape index (κ2) is 5.90. The molecule has 6 nitrogen and oxygen atoms in total. The number of carboxylic acid groups (broad SMARTS) is 1. The molecule has 0 aromatic heterocycles. The molecule has 0 saturated carbocycles. The molecule has 0 saturated heterocycles. The van der Waals surface area contributed by atoms with Crippen LogP contribution in [0.4, 0.5) is 10.5 Å². The van der Waals surface area contributed by atoms with Gasteiger partial charge in [-0.15, -0.1) is 0 Å². The Labute approximate surface area is 105 Å². The first-order valence-corrected chi connectivity index (χ1v) is 5.36. The average molecular weight is 252 g/mol. The molecule has 0 aliphatic rings. The molecular formula is C12H16N2O4. The Morgan fingerprint density at radius 3 is 2.67 bits per heavy atom. The monoisotopic (exact) mass is 252 g/mol. The molecule has 0 bridgehead atoms. The Hall–Kier alpha value is -2.24. The number of hydrogen-bond acceptors (Lipinski definition) is 3. The van der Waals surface area contributed by atoms with Gasteiger partial charge in [0.15, 0.2) is 0 Å². The Morgan fingerprint density at radius 2 is 2.11 bits per heavy atom. The number of hydrogen-bond donors (Lipinski definition) is 2. The maximum Gasteiger partial charge on any atom is 0.326 e. The van der Waals surface area contributed by atoms with Gasteiger partial charge in [0.1, 0.15) is 11.8 Å². The number of amides is 2. The van der Waals surface area contributed by atoms with Crippen molar-refractivity contribution in [3.63, 3.8) is 0 Å². The van der Waals surface area contributed by atoms with Crippen LogP contribution in [0.25, 0.3) is 0 Å². The first-order valence-electron chi connectivity index (χ1n) is 5.36. The molecule has 1 aromatic carbocycles. The van der Waals surface area contributed by atoms with E-state index in [0.29, 0.717) is 11.4 Å². The normalized spacial score (nSPS) is 11.5. The molecule has 0 radical (unpaired) electrons. The summed E-state index contributed by atoms with van der Waals surface area (Å²) in [6.07, 6.45) is 0. The molecule has 1 aromatic rings. The molecule has 6 heteroatoms. The van der Waals surface area contributed by atoms with Crippen molar-refractivity contribution in [2.75, 3.05) is 19.5 Å². The first kappa shape index (κ1) is 13.8. The molecule has 2 N–H and O–H groups in total. The van der Waals surface area contributed by atoms with Crippen molar-refractivity contribution in [2.45, 2.75) is 13.0 Å². The summed E-state index contributed by atoms with van der Waals surface area (Å²) in [4.78, 5) is 23.6. The van der Waals surface area contributed by atoms with Gasteiger partial charge in [-0.3, -0.25) is 0 Å². The highest BCUT2D eigenvalue weighted by Crippen LogP contribution is 2.17. The molecule has 0 aliphatic heterocycles. The van der Waals surface area contributed by atoms with Gasteiger partial charge in [-0.05, 0) is 19.1 Å². The van der Waals surface area contributed by atoms with Gasteiger partial charge in [0.05, 0.1) is 7.11 Å². The third-order valence-electron chi connectivity index (χ3n) is 2.58. The van der Waals surface area contributed by atoms with Crippen molar-refractivity contribution in [1.29, 1.82) is 0 Å². The van der Waals surface area contributed by atoms with Crippen molar-refractivity contribution in [3.8, 4) is 5.75 Å². The number of benzene rings is 1. The standard InChI is InChI=1S/C12H16N2O4/c1-8(11(15)16)14(2)12(17)13-9-5-4-6-10(7-9)18-3/h4-8H,1-3H3,(H,13,17)(H,15,16). The number of carboxylic acids is 1. The predicted octanol–water partition coefficient (Wildman–Crippen LogP) is 1.63. The Balaban J connectivity index is 2.72. The third-order valence-corrected chi connectivity index (χ3v) is 2.58. The van der Waals surface area contributed by atoms with Crippen LogP contribution in [0, 0.1) is 0 Å². The molecule has 0 aliphatic carbocycles. The zero-order valence-electron chi connectivity index (χ0n) is 10.5. The van der Waals surface area contributed by atoms with E-state index in [9.17, 15) is 9.59 Å². The van der Waals surface area contributed by atoms with E-state index in [-0.39, 0.29) is 0 Å². The van der Waals surface area contributed by atoms with Gasteiger partial charge < -0.3 is 20.1 Å². The van der Waals surface area contributed by atoms with E-state index in [1.807, 2.05) is 0 Å². The molecular weight excluding hydrogens is 236 g/mol. The van der Waals surface area contributed by atoms with E-state index in [1.165, 1.54) is 21.1 Å². The van der Waals surface area contributed by atoms with Gasteiger partial charge in [0, 0.05) is 18.8 Å². The average Bonchev–Trinajstić information content (AvgIpc) is 2.36. The summed E-state index contributed by atoms with van der Waals surface area (Å²) < 4.78 is 5.02. The van der Waals surface area contributed by atoms with Crippen molar-refractivity contribution in [1.82, 2.24) is 4.90 Å². The summed E-state index contributed by atoms with van der Waals surface area (Å²) in [6.45, 7) is 1.44. The van der Waals surface area contributed by atoms with Gasteiger partial charge in [-0.2, -0.15) is 0 Å². The van der Waals surface area contributed by atoms with E-state index in [4.69, 9.17) is 9.84 Å². The number of likely N-dealkylation sites (N-methyl/N-ethyl adjacent to an activating group) is 1. The lowest BCUT2D eigenvalue weighted by molar-refractivity contribution is -0.141. The number of aliphatic carboxylic acids is 1. The van der Waals surface area contributed by atoms with Gasteiger partial charge in [-0.1, -0.05) is 6.07 Å². The highest BCUT2D eigenvalue weighted by molar-refractivity contribution is 5.92. The number of carbonyl (C=O) groups is 2. The number of nitrogens with one attached hydrogen (secondary N) is 1. The fourth-order valence-electron chi connectivity index (χ4n) is 1.25. The molecule has 1 atom stereocenters. The van der Waals surface area contributed by atoms with E-state index in [0.717, 1.165) is 4.90 Å². The van der Waals surface area contributed by atoms with Crippen molar-refractivity contribution < 1.29 is 19.4 Å². The highest BCUT2D eigenvalue weighted by Gasteiger charge is 2.21. The molecule has 98 valence electrons. The lowest BCUT2D eigenvalue weighted by Gasteiger charge is -2.21. The topological polar surface area (TPSA) is 78.9 Å². The minimum atomic E-state index is -1.06. The summed E-state index contributed by atoms with van der Waals surface area (Å²) >= 11 is 0. The van der Waals surface area contributed by atoms with E-state index in [2.05, 4.69) is 5.32 Å². The Kier molecular flexibility index (Phi) is 4.53. The summed E-state index contributed by atoms with van der Waals surface area (Å²) in [5.74, 6) is -0.444. The first-order chi connectivity index (χ1) is 8.45. The minimum absolute atomic E-state index is 0.488. The summed E-state index contributed by atoms with van der Waals surface area (Å²) in [7, 11) is 2.95. The van der Waals surface area contributed by atoms with Gasteiger partial charge in [0.25, 0.3) is 0 Å². The van der Waals surface area contributed by atoms with Crippen LogP contribution in [0.1, 0.15) is 6.92 Å². The van der Waals surface area contributed by atoms with Crippen LogP contribution in [0.5, 0.6) is 5.75 Å². The molecule has 18 heavy (non-hydrogen) atoms. The number of urea groups is 1. The molecule has 1 unspecified atom stereocenters. The van der Waals surface area contributed by atoms with E-state index in [1.54, 1.807) is 24.3 Å². The molecule has 2 amide bonds. The van der Waals surface area contributed by atoms with Crippen LogP contribution >= 0.6 is 0 Å². The quantitative estimate of drug-likeness (QED) is 0.853. The third kappa shape index (κ3) is 3.38. The number of nitrogens with zero attached hydrogens (tertiary/aromatic N) is 1. The summed E-state index contributed by atoms with van der Waals surface area (Å²) in [5.41, 5.74) is 0.545. The number of carbonyl (C=O) groups excluding carboxylic acids is 1. The van der Waals surface area contributed by atoms with Crippen LogP contribution < -0.4 is 10.1 Å². The smallest absolute Gasteiger partial charge is 0.326 e. The lowest BCUT2D eigenvalue weighted by atomic mass is 10.3. The van der Waals surface area contributed by atoms with Gasteiger partial charge in [-0.25, -0.2) is 9.59 Å². The largest absolute Gasteiger partial charge is 0.497 e. The van der Waals surface area contributed by atoms with Gasteiger partial charge in [0.2, 0.25) is 0 Å². The van der Waals surface area contributed by atoms with Crippen LogP contribution in [0.2, 0.25) is 0 Å². The molecule has 0 heterocycles. The van der Waals surface area contributed by atoms with Crippen molar-refractivity contribution in [3.05, 3.63) is 24.3 Å². The Bertz CT molecular complexity index is 447. The van der Waals surface area contributed by atoms with Crippen molar-refractivity contribution in [2.24, 2.45) is 0 Å². The lowest BCUT2D eigenvalue weighted by Crippen LogP contribution is -2.42. The second-order valence-corrected chi connectivity index (χ2v) is 3.79. The number of methoxy groups -OCH3 is 1. The fourth-order valence-corrected chi connectivity index (χ4v) is 1.25. The minimum Gasteiger partial charge on any atom is -0.497 e. The highest BCUT2D eigenvalue weighted by atomic mass is 16.5. The van der Waals surface area contributed by atoms with Gasteiger partial charge >= 0.3 is 12.0 Å². The Morgan fingerprint density at radius 1 is 1.44 bits per heavy atom. The van der Waals surface area contributed by atoms with Crippen LogP contribution in [-0.2, 0) is 4.79 Å². The zero-order valence-corrected chi connectivity index (χ0v) is 10.5. The maximum absolute atomic E-state index is 11.8. The zero-order chi connectivity index (χ0) is 13.7. The fraction of sp³-hybridized carbons (Fsp3) is 0.333. The summed E-state index contributed by atoms with van der Waals surface area (Å²) in [6, 6.07) is 5.44. The number of rotatable bonds is 4. The SMILES string of the molecule is COc1cccc(NC(=O)N(C)C(C)C(=O)O)c1. The molecule has 0 spiro atoms. The molecule has 1 rings (SSSR count). The van der Waals surface area contributed by atoms with E-state index >= 15 is 0 Å². The van der Waals surface area contributed by atoms with Crippen LogP contribution in [-0.4, -0.2) is 42.2 Å². The number of anilines is 1. The maximum atomic E-state index is 11.8. The van der Waals surface area contributed by atoms with Crippen LogP contribution in [0.15, 0.2) is 24.3 Å². The van der Waals surface area contributed by atoms with Crippen molar-refractivity contribution >= 4 is 17.7 Å². The van der Waals surface area contributed by atoms with E-state index < -0.39 is 18.0 Å². The second-order valence-electron chi connectivity index (χ2n) is 3.79. The molecule has 0 fully saturated rings. The summed E-state index contributed by atoms with van der Waals surface area (Å²) in [5, 5.41) is 11.4. The predicted molar refractivity (Wildman–Crippen MR) is 66.9 cm³/mol.